The summed E-state index contributed by atoms with van der Waals surface area (Å²) in [5.74, 6) is -0.225. The molecule has 2 aromatic carbocycles. The van der Waals surface area contributed by atoms with E-state index in [0.29, 0.717) is 6.54 Å². The molecule has 1 amide bonds. The summed E-state index contributed by atoms with van der Waals surface area (Å²) in [6.45, 7) is 0.197. The van der Waals surface area contributed by atoms with E-state index in [1.807, 2.05) is 24.3 Å². The molecule has 120 valence electrons. The first-order valence-corrected chi connectivity index (χ1v) is 7.58. The van der Waals surface area contributed by atoms with Crippen LogP contribution in [0.15, 0.2) is 48.5 Å². The van der Waals surface area contributed by atoms with E-state index in [-0.39, 0.29) is 12.4 Å². The Balaban J connectivity index is 1.61. The van der Waals surface area contributed by atoms with Crippen LogP contribution >= 0.6 is 0 Å². The first-order chi connectivity index (χ1) is 11.2. The van der Waals surface area contributed by atoms with Crippen LogP contribution in [0.2, 0.25) is 0 Å². The summed E-state index contributed by atoms with van der Waals surface area (Å²) in [6, 6.07) is 14.2. The van der Waals surface area contributed by atoms with Crippen LogP contribution in [0.4, 0.5) is 14.9 Å². The number of amides is 1. The first-order valence-electron chi connectivity index (χ1n) is 7.58. The number of hydrogen-bond acceptors (Lipinski definition) is 3. The third-order valence-electron chi connectivity index (χ3n) is 3.94. The summed E-state index contributed by atoms with van der Waals surface area (Å²) in [6.07, 6.45) is 0.789. The molecule has 1 fully saturated rings. The van der Waals surface area contributed by atoms with Gasteiger partial charge in [-0.05, 0) is 48.2 Å². The fourth-order valence-corrected chi connectivity index (χ4v) is 2.61. The number of carbonyl (C=O) groups excluding carboxylic acids is 1. The van der Waals surface area contributed by atoms with Crippen molar-refractivity contribution in [1.29, 1.82) is 0 Å². The summed E-state index contributed by atoms with van der Waals surface area (Å²) in [5, 5.41) is 9.06. The van der Waals surface area contributed by atoms with Crippen molar-refractivity contribution in [2.45, 2.75) is 18.9 Å². The van der Waals surface area contributed by atoms with Crippen LogP contribution in [0, 0.1) is 5.82 Å². The van der Waals surface area contributed by atoms with Crippen molar-refractivity contribution in [3.8, 4) is 0 Å². The first kappa shape index (κ1) is 15.5. The van der Waals surface area contributed by atoms with E-state index in [1.54, 1.807) is 12.1 Å². The molecular formula is C18H18FNO3. The number of rotatable bonds is 5. The Kier molecular flexibility index (Phi) is 4.57. The van der Waals surface area contributed by atoms with Gasteiger partial charge in [-0.1, -0.05) is 24.3 Å². The average molecular weight is 315 g/mol. The minimum absolute atomic E-state index is 0.169. The number of halogens is 1. The van der Waals surface area contributed by atoms with E-state index in [4.69, 9.17) is 9.84 Å². The number of aliphatic hydroxyl groups excluding tert-OH is 1. The Hall–Kier alpha value is -2.40. The number of aliphatic hydroxyl groups is 1. The maximum absolute atomic E-state index is 12.9. The highest BCUT2D eigenvalue weighted by molar-refractivity contribution is 5.89. The van der Waals surface area contributed by atoms with Crippen LogP contribution in [0.3, 0.4) is 0 Å². The molecule has 0 spiro atoms. The van der Waals surface area contributed by atoms with Gasteiger partial charge >= 0.3 is 6.09 Å². The fourth-order valence-electron chi connectivity index (χ4n) is 2.61. The molecular weight excluding hydrogens is 297 g/mol. The van der Waals surface area contributed by atoms with Crippen molar-refractivity contribution in [1.82, 2.24) is 0 Å². The Morgan fingerprint density at radius 3 is 2.13 bits per heavy atom. The number of hydrogen-bond donors (Lipinski definition) is 1. The lowest BCUT2D eigenvalue weighted by Crippen LogP contribution is -2.25. The molecule has 5 heteroatoms. The van der Waals surface area contributed by atoms with Crippen LogP contribution < -0.4 is 4.90 Å². The Morgan fingerprint density at radius 2 is 1.61 bits per heavy atom. The zero-order chi connectivity index (χ0) is 16.2. The summed E-state index contributed by atoms with van der Waals surface area (Å²) in [7, 11) is 0. The van der Waals surface area contributed by atoms with Crippen molar-refractivity contribution in [3.63, 3.8) is 0 Å². The van der Waals surface area contributed by atoms with Crippen LogP contribution in [0.5, 0.6) is 0 Å². The van der Waals surface area contributed by atoms with Crippen LogP contribution in [-0.4, -0.2) is 30.5 Å². The molecule has 2 aromatic rings. The second-order valence-corrected chi connectivity index (χ2v) is 5.59. The molecule has 1 heterocycles. The largest absolute Gasteiger partial charge is 0.441 e. The Bertz CT molecular complexity index is 670. The van der Waals surface area contributed by atoms with E-state index in [2.05, 4.69) is 0 Å². The molecule has 1 aliphatic heterocycles. The molecule has 0 radical (unpaired) electrons. The van der Waals surface area contributed by atoms with Crippen molar-refractivity contribution in [3.05, 3.63) is 65.5 Å². The fraction of sp³-hybridized carbons (Fsp3) is 0.278. The topological polar surface area (TPSA) is 49.8 Å². The number of cyclic esters (lactones) is 1. The van der Waals surface area contributed by atoms with Crippen LogP contribution in [0.1, 0.15) is 11.1 Å². The van der Waals surface area contributed by atoms with Gasteiger partial charge in [0.1, 0.15) is 11.9 Å². The van der Waals surface area contributed by atoms with E-state index in [9.17, 15) is 9.18 Å². The van der Waals surface area contributed by atoms with Gasteiger partial charge in [-0.3, -0.25) is 4.90 Å². The number of anilines is 1. The van der Waals surface area contributed by atoms with Gasteiger partial charge in [0, 0.05) is 5.69 Å². The van der Waals surface area contributed by atoms with Crippen LogP contribution in [-0.2, 0) is 17.6 Å². The standard InChI is InChI=1S/C18H18FNO3/c19-15-7-3-13(4-8-15)1-2-14-5-9-16(10-6-14)20-11-17(12-21)23-18(20)22/h3-10,17,21H,1-2,11-12H2. The number of carbonyl (C=O) groups is 1. The van der Waals surface area contributed by atoms with Crippen molar-refractivity contribution in [2.24, 2.45) is 0 Å². The van der Waals surface area contributed by atoms with Crippen molar-refractivity contribution < 1.29 is 19.0 Å². The van der Waals surface area contributed by atoms with E-state index < -0.39 is 12.2 Å². The second kappa shape index (κ2) is 6.79. The molecule has 1 unspecified atom stereocenters. The second-order valence-electron chi connectivity index (χ2n) is 5.59. The third kappa shape index (κ3) is 3.68. The number of nitrogens with zero attached hydrogens (tertiary/aromatic N) is 1. The number of ether oxygens (including phenoxy) is 1. The zero-order valence-corrected chi connectivity index (χ0v) is 12.6. The third-order valence-corrected chi connectivity index (χ3v) is 3.94. The lowest BCUT2D eigenvalue weighted by molar-refractivity contribution is 0.0963. The quantitative estimate of drug-likeness (QED) is 0.923. The summed E-state index contributed by atoms with van der Waals surface area (Å²) >= 11 is 0. The molecule has 1 saturated heterocycles. The Labute approximate surface area is 134 Å². The van der Waals surface area contributed by atoms with Gasteiger partial charge in [-0.15, -0.1) is 0 Å². The molecule has 0 saturated carbocycles. The Morgan fingerprint density at radius 1 is 1.04 bits per heavy atom. The zero-order valence-electron chi connectivity index (χ0n) is 12.6. The maximum Gasteiger partial charge on any atom is 0.414 e. The minimum atomic E-state index is -0.458. The van der Waals surface area contributed by atoms with E-state index in [1.165, 1.54) is 17.0 Å². The van der Waals surface area contributed by atoms with Crippen molar-refractivity contribution in [2.75, 3.05) is 18.1 Å². The molecule has 3 rings (SSSR count). The van der Waals surface area contributed by atoms with Crippen molar-refractivity contribution >= 4 is 11.8 Å². The van der Waals surface area contributed by atoms with Gasteiger partial charge in [0.25, 0.3) is 0 Å². The highest BCUT2D eigenvalue weighted by atomic mass is 19.1. The minimum Gasteiger partial charge on any atom is -0.441 e. The molecule has 0 aliphatic carbocycles. The highest BCUT2D eigenvalue weighted by Crippen LogP contribution is 2.22. The molecule has 1 N–H and O–H groups in total. The number of benzene rings is 2. The molecule has 23 heavy (non-hydrogen) atoms. The number of aryl methyl sites for hydroxylation is 2. The van der Waals surface area contributed by atoms with Crippen LogP contribution in [0.25, 0.3) is 0 Å². The van der Waals surface area contributed by atoms with Gasteiger partial charge in [-0.2, -0.15) is 0 Å². The van der Waals surface area contributed by atoms with Gasteiger partial charge in [-0.25, -0.2) is 9.18 Å². The van der Waals surface area contributed by atoms with Gasteiger partial charge in [0.15, 0.2) is 0 Å². The molecule has 0 aromatic heterocycles. The highest BCUT2D eigenvalue weighted by Gasteiger charge is 2.31. The summed E-state index contributed by atoms with van der Waals surface area (Å²) in [5.41, 5.74) is 2.99. The molecule has 0 bridgehead atoms. The monoisotopic (exact) mass is 315 g/mol. The SMILES string of the molecule is O=C1OC(CO)CN1c1ccc(CCc2ccc(F)cc2)cc1. The lowest BCUT2D eigenvalue weighted by Gasteiger charge is -2.13. The average Bonchev–Trinajstić information content (AvgIpc) is 2.96. The van der Waals surface area contributed by atoms with Gasteiger partial charge in [0.2, 0.25) is 0 Å². The predicted octanol–water partition coefficient (Wildman–Crippen LogP) is 2.93. The normalized spacial score (nSPS) is 17.4. The molecule has 1 atom stereocenters. The van der Waals surface area contributed by atoms with Gasteiger partial charge in [0.05, 0.1) is 13.2 Å². The van der Waals surface area contributed by atoms with E-state index >= 15 is 0 Å². The summed E-state index contributed by atoms with van der Waals surface area (Å²) < 4.78 is 17.9. The van der Waals surface area contributed by atoms with Gasteiger partial charge < -0.3 is 9.84 Å². The maximum atomic E-state index is 12.9. The molecule has 1 aliphatic rings. The molecule has 4 nitrogen and oxygen atoms in total. The van der Waals surface area contributed by atoms with E-state index in [0.717, 1.165) is 29.7 Å². The summed E-state index contributed by atoms with van der Waals surface area (Å²) in [4.78, 5) is 13.2. The smallest absolute Gasteiger partial charge is 0.414 e. The predicted molar refractivity (Wildman–Crippen MR) is 85.0 cm³/mol. The lowest BCUT2D eigenvalue weighted by atomic mass is 10.0.